The molecule has 1 N–H and O–H groups in total. The van der Waals surface area contributed by atoms with E-state index in [1.54, 1.807) is 12.1 Å². The molecule has 0 fully saturated rings. The van der Waals surface area contributed by atoms with E-state index in [-0.39, 0.29) is 6.79 Å². The van der Waals surface area contributed by atoms with Crippen LogP contribution in [0, 0.1) is 0 Å². The Kier molecular flexibility index (Phi) is 3.76. The molecule has 20 heavy (non-hydrogen) atoms. The van der Waals surface area contributed by atoms with Crippen molar-refractivity contribution in [2.24, 2.45) is 0 Å². The minimum atomic E-state index is -0.673. The third kappa shape index (κ3) is 2.86. The Morgan fingerprint density at radius 2 is 1.80 bits per heavy atom. The number of halogens is 1. The molecule has 1 unspecified atom stereocenters. The summed E-state index contributed by atoms with van der Waals surface area (Å²) in [4.78, 5) is 0. The fourth-order valence-electron chi connectivity index (χ4n) is 1.98. The zero-order valence-electron chi connectivity index (χ0n) is 10.6. The molecule has 0 saturated heterocycles. The maximum Gasteiger partial charge on any atom is 0.231 e. The molecule has 0 radical (unpaired) electrons. The summed E-state index contributed by atoms with van der Waals surface area (Å²) in [6.07, 6.45) is 2.97. The number of aliphatic hydroxyl groups excluding tert-OH is 1. The minimum Gasteiger partial charge on any atom is -0.454 e. The van der Waals surface area contributed by atoms with Crippen LogP contribution in [-0.4, -0.2) is 11.9 Å². The monoisotopic (exact) mass is 332 g/mol. The van der Waals surface area contributed by atoms with E-state index in [0.29, 0.717) is 5.75 Å². The van der Waals surface area contributed by atoms with Gasteiger partial charge in [0.1, 0.15) is 0 Å². The second-order valence-corrected chi connectivity index (χ2v) is 5.38. The number of hydrogen-bond acceptors (Lipinski definition) is 3. The Hall–Kier alpha value is -1.78. The van der Waals surface area contributed by atoms with Gasteiger partial charge in [-0.25, -0.2) is 0 Å². The normalized spacial score (nSPS) is 14.7. The first-order valence-corrected chi connectivity index (χ1v) is 7.03. The lowest BCUT2D eigenvalue weighted by atomic mass is 10.1. The summed E-state index contributed by atoms with van der Waals surface area (Å²) < 4.78 is 11.6. The van der Waals surface area contributed by atoms with Crippen molar-refractivity contribution in [1.82, 2.24) is 0 Å². The first-order valence-electron chi connectivity index (χ1n) is 6.24. The van der Waals surface area contributed by atoms with Gasteiger partial charge in [0, 0.05) is 4.47 Å². The van der Waals surface area contributed by atoms with E-state index in [0.717, 1.165) is 21.3 Å². The van der Waals surface area contributed by atoms with Crippen LogP contribution >= 0.6 is 15.9 Å². The van der Waals surface area contributed by atoms with Crippen LogP contribution < -0.4 is 9.47 Å². The highest BCUT2D eigenvalue weighted by molar-refractivity contribution is 9.10. The summed E-state index contributed by atoms with van der Waals surface area (Å²) in [5.41, 5.74) is 1.82. The first-order chi connectivity index (χ1) is 9.72. The first kappa shape index (κ1) is 13.2. The maximum atomic E-state index is 10.2. The van der Waals surface area contributed by atoms with Gasteiger partial charge in [0.2, 0.25) is 6.79 Å². The van der Waals surface area contributed by atoms with Gasteiger partial charge < -0.3 is 14.6 Å². The van der Waals surface area contributed by atoms with E-state index >= 15 is 0 Å². The largest absolute Gasteiger partial charge is 0.454 e. The van der Waals surface area contributed by atoms with Crippen molar-refractivity contribution in [2.45, 2.75) is 6.10 Å². The molecule has 3 rings (SSSR count). The van der Waals surface area contributed by atoms with Crippen LogP contribution in [0.15, 0.2) is 53.0 Å². The zero-order valence-corrected chi connectivity index (χ0v) is 12.2. The zero-order chi connectivity index (χ0) is 13.9. The van der Waals surface area contributed by atoms with E-state index < -0.39 is 6.10 Å². The molecule has 4 heteroatoms. The third-order valence-corrected chi connectivity index (χ3v) is 3.61. The van der Waals surface area contributed by atoms with Crippen molar-refractivity contribution in [2.75, 3.05) is 6.79 Å². The van der Waals surface area contributed by atoms with Gasteiger partial charge >= 0.3 is 0 Å². The quantitative estimate of drug-likeness (QED) is 0.925. The summed E-state index contributed by atoms with van der Waals surface area (Å²) in [5, 5.41) is 10.2. The Morgan fingerprint density at radius 1 is 1.05 bits per heavy atom. The van der Waals surface area contributed by atoms with E-state index in [4.69, 9.17) is 9.47 Å². The molecular formula is C16H13BrO3. The van der Waals surface area contributed by atoms with Gasteiger partial charge in [-0.05, 0) is 35.4 Å². The highest BCUT2D eigenvalue weighted by Crippen LogP contribution is 2.34. The van der Waals surface area contributed by atoms with Gasteiger partial charge in [-0.15, -0.1) is 0 Å². The second-order valence-electron chi connectivity index (χ2n) is 4.47. The van der Waals surface area contributed by atoms with Crippen molar-refractivity contribution in [3.8, 4) is 11.5 Å². The van der Waals surface area contributed by atoms with Gasteiger partial charge in [0.25, 0.3) is 0 Å². The lowest BCUT2D eigenvalue weighted by Crippen LogP contribution is -1.93. The average Bonchev–Trinajstić information content (AvgIpc) is 2.93. The van der Waals surface area contributed by atoms with Gasteiger partial charge in [-0.2, -0.15) is 0 Å². The fraction of sp³-hybridized carbons (Fsp3) is 0.125. The predicted molar refractivity (Wildman–Crippen MR) is 80.7 cm³/mol. The Bertz CT molecular complexity index is 635. The Labute approximate surface area is 125 Å². The number of rotatable bonds is 3. The van der Waals surface area contributed by atoms with Crippen LogP contribution in [-0.2, 0) is 0 Å². The van der Waals surface area contributed by atoms with Crippen molar-refractivity contribution < 1.29 is 14.6 Å². The lowest BCUT2D eigenvalue weighted by Gasteiger charge is -2.07. The van der Waals surface area contributed by atoms with E-state index in [1.807, 2.05) is 42.5 Å². The molecule has 1 atom stereocenters. The van der Waals surface area contributed by atoms with Gasteiger partial charge in [0.05, 0.1) is 6.10 Å². The van der Waals surface area contributed by atoms with Crippen LogP contribution in [0.3, 0.4) is 0 Å². The van der Waals surface area contributed by atoms with Crippen molar-refractivity contribution in [3.05, 3.63) is 64.1 Å². The Balaban J connectivity index is 1.75. The van der Waals surface area contributed by atoms with Gasteiger partial charge in [0.15, 0.2) is 11.5 Å². The molecule has 3 nitrogen and oxygen atoms in total. The molecule has 0 aromatic heterocycles. The molecule has 0 spiro atoms. The van der Waals surface area contributed by atoms with Crippen LogP contribution in [0.2, 0.25) is 0 Å². The SMILES string of the molecule is OC(/C=C/c1ccc(Br)cc1)c1ccc2c(c1)OCO2. The van der Waals surface area contributed by atoms with E-state index in [9.17, 15) is 5.11 Å². The number of ether oxygens (including phenoxy) is 2. The third-order valence-electron chi connectivity index (χ3n) is 3.08. The number of benzene rings is 2. The molecule has 0 amide bonds. The molecule has 2 aromatic carbocycles. The van der Waals surface area contributed by atoms with Crippen molar-refractivity contribution >= 4 is 22.0 Å². The van der Waals surface area contributed by atoms with Crippen molar-refractivity contribution in [1.29, 1.82) is 0 Å². The summed E-state index contributed by atoms with van der Waals surface area (Å²) in [6, 6.07) is 13.3. The van der Waals surface area contributed by atoms with Gasteiger partial charge in [-0.1, -0.05) is 46.3 Å². The number of hydrogen-bond donors (Lipinski definition) is 1. The molecule has 2 aromatic rings. The topological polar surface area (TPSA) is 38.7 Å². The molecule has 1 heterocycles. The average molecular weight is 333 g/mol. The molecule has 0 aliphatic carbocycles. The summed E-state index contributed by atoms with van der Waals surface area (Å²) in [5.74, 6) is 1.40. The predicted octanol–water partition coefficient (Wildman–Crippen LogP) is 3.92. The molecule has 102 valence electrons. The Morgan fingerprint density at radius 3 is 2.60 bits per heavy atom. The molecule has 1 aliphatic heterocycles. The molecule has 1 aliphatic rings. The van der Waals surface area contributed by atoms with Crippen LogP contribution in [0.4, 0.5) is 0 Å². The summed E-state index contributed by atoms with van der Waals surface area (Å²) in [6.45, 7) is 0.240. The molecule has 0 saturated carbocycles. The van der Waals surface area contributed by atoms with Crippen LogP contribution in [0.5, 0.6) is 11.5 Å². The highest BCUT2D eigenvalue weighted by Gasteiger charge is 2.15. The highest BCUT2D eigenvalue weighted by atomic mass is 79.9. The molecular weight excluding hydrogens is 320 g/mol. The number of fused-ring (bicyclic) bond motifs is 1. The lowest BCUT2D eigenvalue weighted by molar-refractivity contribution is 0.173. The summed E-state index contributed by atoms with van der Waals surface area (Å²) >= 11 is 3.39. The smallest absolute Gasteiger partial charge is 0.231 e. The summed E-state index contributed by atoms with van der Waals surface area (Å²) in [7, 11) is 0. The molecule has 0 bridgehead atoms. The van der Waals surface area contributed by atoms with Crippen molar-refractivity contribution in [3.63, 3.8) is 0 Å². The maximum absolute atomic E-state index is 10.2. The van der Waals surface area contributed by atoms with Crippen LogP contribution in [0.25, 0.3) is 6.08 Å². The number of aliphatic hydroxyl groups is 1. The van der Waals surface area contributed by atoms with E-state index in [1.165, 1.54) is 0 Å². The van der Waals surface area contributed by atoms with Crippen LogP contribution in [0.1, 0.15) is 17.2 Å². The second kappa shape index (κ2) is 5.69. The fourth-order valence-corrected chi connectivity index (χ4v) is 2.25. The standard InChI is InChI=1S/C16H13BrO3/c17-13-5-1-11(2-6-13)3-7-14(18)12-4-8-15-16(9-12)20-10-19-15/h1-9,14,18H,10H2/b7-3+. The van der Waals surface area contributed by atoms with Gasteiger partial charge in [-0.3, -0.25) is 0 Å². The minimum absolute atomic E-state index is 0.240. The van der Waals surface area contributed by atoms with E-state index in [2.05, 4.69) is 15.9 Å².